The number of carbonyl (C=O) groups excluding carboxylic acids is 2. The lowest BCUT2D eigenvalue weighted by molar-refractivity contribution is -0.135. The van der Waals surface area contributed by atoms with Crippen molar-refractivity contribution in [2.75, 3.05) is 39.4 Å². The van der Waals surface area contributed by atoms with Crippen molar-refractivity contribution in [1.82, 2.24) is 9.80 Å². The van der Waals surface area contributed by atoms with Gasteiger partial charge in [0.1, 0.15) is 5.75 Å². The molecule has 0 radical (unpaired) electrons. The molecule has 0 spiro atoms. The molecule has 1 aromatic carbocycles. The fourth-order valence-electron chi connectivity index (χ4n) is 2.47. The average Bonchev–Trinajstić information content (AvgIpc) is 2.60. The first-order chi connectivity index (χ1) is 11.5. The van der Waals surface area contributed by atoms with E-state index >= 15 is 0 Å². The van der Waals surface area contributed by atoms with Gasteiger partial charge in [0.2, 0.25) is 0 Å². The van der Waals surface area contributed by atoms with E-state index < -0.39 is 0 Å². The summed E-state index contributed by atoms with van der Waals surface area (Å²) in [7, 11) is 0. The molecule has 2 rings (SSSR count). The van der Waals surface area contributed by atoms with Gasteiger partial charge >= 0.3 is 6.09 Å². The topological polar surface area (TPSA) is 59.1 Å². The van der Waals surface area contributed by atoms with Crippen LogP contribution in [0.1, 0.15) is 19.4 Å². The number of piperazine rings is 1. The highest BCUT2D eigenvalue weighted by Gasteiger charge is 2.25. The van der Waals surface area contributed by atoms with E-state index in [9.17, 15) is 9.59 Å². The molecule has 1 saturated heterocycles. The Balaban J connectivity index is 1.81. The lowest BCUT2D eigenvalue weighted by atomic mass is 10.2. The molecule has 1 fully saturated rings. The van der Waals surface area contributed by atoms with Crippen molar-refractivity contribution in [3.05, 3.63) is 28.2 Å². The minimum atomic E-state index is -0.319. The van der Waals surface area contributed by atoms with Crippen LogP contribution in [0.3, 0.4) is 0 Å². The maximum atomic E-state index is 12.3. The normalized spacial score (nSPS) is 14.5. The van der Waals surface area contributed by atoms with Gasteiger partial charge in [-0.25, -0.2) is 4.79 Å². The van der Waals surface area contributed by atoms with Crippen LogP contribution in [0.4, 0.5) is 4.79 Å². The van der Waals surface area contributed by atoms with Crippen molar-refractivity contribution >= 4 is 27.9 Å². The van der Waals surface area contributed by atoms with Gasteiger partial charge in [0.25, 0.3) is 5.91 Å². The summed E-state index contributed by atoms with van der Waals surface area (Å²) in [5.74, 6) is 0.579. The number of aryl methyl sites for hydroxylation is 1. The second-order valence-corrected chi connectivity index (χ2v) is 6.33. The Bertz CT molecular complexity index is 586. The fourth-order valence-corrected chi connectivity index (χ4v) is 3.01. The van der Waals surface area contributed by atoms with E-state index in [0.717, 1.165) is 10.9 Å². The van der Waals surface area contributed by atoms with Crippen LogP contribution in [0.25, 0.3) is 0 Å². The van der Waals surface area contributed by atoms with Crippen molar-refractivity contribution in [2.24, 2.45) is 0 Å². The Labute approximate surface area is 150 Å². The summed E-state index contributed by atoms with van der Waals surface area (Å²) in [6, 6.07) is 5.86. The third-order valence-corrected chi connectivity index (χ3v) is 4.53. The number of carbonyl (C=O) groups is 2. The van der Waals surface area contributed by atoms with Crippen molar-refractivity contribution in [3.63, 3.8) is 0 Å². The smallest absolute Gasteiger partial charge is 0.409 e. The van der Waals surface area contributed by atoms with E-state index in [1.165, 1.54) is 5.56 Å². The van der Waals surface area contributed by atoms with Crippen LogP contribution >= 0.6 is 15.9 Å². The van der Waals surface area contributed by atoms with Crippen LogP contribution in [0.2, 0.25) is 0 Å². The van der Waals surface area contributed by atoms with Crippen LogP contribution in [0, 0.1) is 0 Å². The number of benzene rings is 1. The molecule has 0 aliphatic carbocycles. The molecule has 2 amide bonds. The molecule has 1 aromatic rings. The van der Waals surface area contributed by atoms with Gasteiger partial charge in [0.15, 0.2) is 6.61 Å². The molecule has 1 heterocycles. The lowest BCUT2D eigenvalue weighted by Gasteiger charge is -2.34. The highest BCUT2D eigenvalue weighted by molar-refractivity contribution is 9.10. The zero-order valence-corrected chi connectivity index (χ0v) is 15.7. The van der Waals surface area contributed by atoms with E-state index in [2.05, 4.69) is 22.9 Å². The summed E-state index contributed by atoms with van der Waals surface area (Å²) in [5.41, 5.74) is 1.20. The summed E-state index contributed by atoms with van der Waals surface area (Å²) >= 11 is 3.46. The van der Waals surface area contributed by atoms with Crippen molar-refractivity contribution in [1.29, 1.82) is 0 Å². The zero-order valence-electron chi connectivity index (χ0n) is 14.1. The number of rotatable bonds is 5. The molecule has 0 unspecified atom stereocenters. The number of nitrogens with zero attached hydrogens (tertiary/aromatic N) is 2. The molecule has 1 aliphatic rings. The zero-order chi connectivity index (χ0) is 17.5. The predicted molar refractivity (Wildman–Crippen MR) is 94.2 cm³/mol. The summed E-state index contributed by atoms with van der Waals surface area (Å²) < 4.78 is 11.4. The van der Waals surface area contributed by atoms with E-state index in [-0.39, 0.29) is 18.6 Å². The molecular formula is C17H23BrN2O4. The number of amides is 2. The van der Waals surface area contributed by atoms with Gasteiger partial charge in [-0.15, -0.1) is 0 Å². The molecule has 0 aromatic heterocycles. The second-order valence-electron chi connectivity index (χ2n) is 5.47. The Morgan fingerprint density at radius 1 is 1.12 bits per heavy atom. The summed E-state index contributed by atoms with van der Waals surface area (Å²) in [4.78, 5) is 27.2. The first-order valence-corrected chi connectivity index (χ1v) is 8.95. The largest absolute Gasteiger partial charge is 0.483 e. The molecule has 24 heavy (non-hydrogen) atoms. The van der Waals surface area contributed by atoms with Crippen molar-refractivity contribution in [3.8, 4) is 5.75 Å². The molecule has 1 aliphatic heterocycles. The minimum Gasteiger partial charge on any atom is -0.483 e. The highest BCUT2D eigenvalue weighted by atomic mass is 79.9. The van der Waals surface area contributed by atoms with Gasteiger partial charge in [-0.1, -0.05) is 13.0 Å². The van der Waals surface area contributed by atoms with Crippen LogP contribution in [-0.2, 0) is 16.0 Å². The van der Waals surface area contributed by atoms with Gasteiger partial charge in [0, 0.05) is 26.2 Å². The number of halogens is 1. The fraction of sp³-hybridized carbons (Fsp3) is 0.529. The van der Waals surface area contributed by atoms with Crippen molar-refractivity contribution < 1.29 is 19.1 Å². The molecule has 0 atom stereocenters. The van der Waals surface area contributed by atoms with Crippen LogP contribution in [-0.4, -0.2) is 61.2 Å². The van der Waals surface area contributed by atoms with E-state index in [1.54, 1.807) is 16.7 Å². The SMILES string of the molecule is CCOC(=O)N1CCN(C(=O)COc2ccc(CC)cc2Br)CC1. The maximum absolute atomic E-state index is 12.3. The molecule has 7 heteroatoms. The standard InChI is InChI=1S/C17H23BrN2O4/c1-3-13-5-6-15(14(18)11-13)24-12-16(21)19-7-9-20(10-8-19)17(22)23-4-2/h5-6,11H,3-4,7-10,12H2,1-2H3. The first-order valence-electron chi connectivity index (χ1n) is 8.15. The maximum Gasteiger partial charge on any atom is 0.409 e. The van der Waals surface area contributed by atoms with Gasteiger partial charge in [-0.2, -0.15) is 0 Å². The lowest BCUT2D eigenvalue weighted by Crippen LogP contribution is -2.51. The quantitative estimate of drug-likeness (QED) is 0.764. The van der Waals surface area contributed by atoms with Crippen LogP contribution in [0.15, 0.2) is 22.7 Å². The number of ether oxygens (including phenoxy) is 2. The Morgan fingerprint density at radius 2 is 1.79 bits per heavy atom. The van der Waals surface area contributed by atoms with E-state index in [0.29, 0.717) is 38.5 Å². The Hall–Kier alpha value is -1.76. The minimum absolute atomic E-state index is 0.0104. The molecule has 0 bridgehead atoms. The van der Waals surface area contributed by atoms with Gasteiger partial charge < -0.3 is 19.3 Å². The van der Waals surface area contributed by atoms with E-state index in [1.807, 2.05) is 18.2 Å². The number of hydrogen-bond donors (Lipinski definition) is 0. The first kappa shape index (κ1) is 18.6. The number of hydrogen-bond acceptors (Lipinski definition) is 4. The third-order valence-electron chi connectivity index (χ3n) is 3.91. The van der Waals surface area contributed by atoms with Gasteiger partial charge in [-0.3, -0.25) is 4.79 Å². The summed E-state index contributed by atoms with van der Waals surface area (Å²) in [5, 5.41) is 0. The highest BCUT2D eigenvalue weighted by Crippen LogP contribution is 2.26. The third kappa shape index (κ3) is 4.87. The predicted octanol–water partition coefficient (Wildman–Crippen LogP) is 2.69. The molecule has 0 N–H and O–H groups in total. The monoisotopic (exact) mass is 398 g/mol. The van der Waals surface area contributed by atoms with Crippen LogP contribution in [0.5, 0.6) is 5.75 Å². The summed E-state index contributed by atoms with van der Waals surface area (Å²) in [6.45, 7) is 6.18. The Morgan fingerprint density at radius 3 is 2.38 bits per heavy atom. The second kappa shape index (κ2) is 8.92. The van der Waals surface area contributed by atoms with Gasteiger partial charge in [0.05, 0.1) is 11.1 Å². The van der Waals surface area contributed by atoms with Gasteiger partial charge in [-0.05, 0) is 47.0 Å². The summed E-state index contributed by atoms with van der Waals surface area (Å²) in [6.07, 6.45) is 0.628. The van der Waals surface area contributed by atoms with Crippen LogP contribution < -0.4 is 4.74 Å². The van der Waals surface area contributed by atoms with Crippen molar-refractivity contribution in [2.45, 2.75) is 20.3 Å². The van der Waals surface area contributed by atoms with E-state index in [4.69, 9.17) is 9.47 Å². The molecule has 132 valence electrons. The molecule has 0 saturated carbocycles. The molecule has 6 nitrogen and oxygen atoms in total. The Kier molecular flexibility index (Phi) is 6.90. The average molecular weight is 399 g/mol. The molecular weight excluding hydrogens is 376 g/mol.